The van der Waals surface area contributed by atoms with Crippen molar-refractivity contribution >= 4 is 5.91 Å². The highest BCUT2D eigenvalue weighted by molar-refractivity contribution is 5.83. The number of carbonyl (C=O) groups excluding carboxylic acids is 1. The van der Waals surface area contributed by atoms with E-state index in [9.17, 15) is 4.79 Å². The zero-order valence-electron chi connectivity index (χ0n) is 11.7. The van der Waals surface area contributed by atoms with Crippen molar-refractivity contribution < 1.29 is 4.79 Å². The quantitative estimate of drug-likeness (QED) is 0.790. The molecule has 0 aromatic heterocycles. The molecular weight excluding hydrogens is 224 g/mol. The summed E-state index contributed by atoms with van der Waals surface area (Å²) in [4.78, 5) is 12.6. The normalized spacial score (nSPS) is 25.2. The molecule has 1 amide bonds. The Bertz CT molecular complexity index is 278. The summed E-state index contributed by atoms with van der Waals surface area (Å²) in [6, 6.07) is 0.212. The van der Waals surface area contributed by atoms with Gasteiger partial charge in [-0.15, -0.1) is 0 Å². The van der Waals surface area contributed by atoms with Gasteiger partial charge in [0.2, 0.25) is 5.91 Å². The molecule has 1 atom stereocenters. The second-order valence-corrected chi connectivity index (χ2v) is 6.20. The fraction of sp³-hybridized carbons (Fsp3) is 0.933. The number of hydrogen-bond acceptors (Lipinski definition) is 2. The van der Waals surface area contributed by atoms with E-state index in [2.05, 4.69) is 12.2 Å². The van der Waals surface area contributed by atoms with E-state index in [1.165, 1.54) is 38.5 Å². The Kier molecular flexibility index (Phi) is 4.66. The molecule has 3 heteroatoms. The van der Waals surface area contributed by atoms with Crippen LogP contribution in [0, 0.1) is 11.3 Å². The third kappa shape index (κ3) is 2.71. The zero-order chi connectivity index (χ0) is 13.0. The number of amides is 1. The summed E-state index contributed by atoms with van der Waals surface area (Å²) in [5.41, 5.74) is 5.79. The van der Waals surface area contributed by atoms with Crippen LogP contribution in [0.3, 0.4) is 0 Å². The van der Waals surface area contributed by atoms with E-state index in [-0.39, 0.29) is 17.4 Å². The van der Waals surface area contributed by atoms with Crippen molar-refractivity contribution in [3.63, 3.8) is 0 Å². The van der Waals surface area contributed by atoms with E-state index in [0.29, 0.717) is 12.5 Å². The standard InChI is InChI=1S/C15H28N2O/c1-2-15(9-5-6-10-15)14(18)17-13(11-16)12-7-3-4-8-12/h12-13H,2-11,16H2,1H3,(H,17,18). The van der Waals surface area contributed by atoms with Gasteiger partial charge in [-0.05, 0) is 38.0 Å². The smallest absolute Gasteiger partial charge is 0.226 e. The maximum absolute atomic E-state index is 12.6. The SMILES string of the molecule is CCC1(C(=O)NC(CN)C2CCCC2)CCCC1. The molecule has 2 aliphatic rings. The summed E-state index contributed by atoms with van der Waals surface area (Å²) < 4.78 is 0. The van der Waals surface area contributed by atoms with Crippen molar-refractivity contribution in [2.24, 2.45) is 17.1 Å². The van der Waals surface area contributed by atoms with Gasteiger partial charge in [0.05, 0.1) is 0 Å². The van der Waals surface area contributed by atoms with Gasteiger partial charge in [0.1, 0.15) is 0 Å². The van der Waals surface area contributed by atoms with Crippen LogP contribution in [-0.4, -0.2) is 18.5 Å². The molecule has 2 saturated carbocycles. The van der Waals surface area contributed by atoms with Gasteiger partial charge < -0.3 is 11.1 Å². The van der Waals surface area contributed by atoms with Crippen LogP contribution in [0.25, 0.3) is 0 Å². The van der Waals surface area contributed by atoms with E-state index in [1.54, 1.807) is 0 Å². The Morgan fingerprint density at radius 2 is 1.89 bits per heavy atom. The highest BCUT2D eigenvalue weighted by atomic mass is 16.2. The van der Waals surface area contributed by atoms with E-state index in [1.807, 2.05) is 0 Å². The third-order valence-corrected chi connectivity index (χ3v) is 5.26. The van der Waals surface area contributed by atoms with Crippen LogP contribution in [0.15, 0.2) is 0 Å². The molecule has 2 fully saturated rings. The van der Waals surface area contributed by atoms with E-state index in [0.717, 1.165) is 19.3 Å². The summed E-state index contributed by atoms with van der Waals surface area (Å²) in [5.74, 6) is 0.902. The van der Waals surface area contributed by atoms with E-state index >= 15 is 0 Å². The van der Waals surface area contributed by atoms with Crippen molar-refractivity contribution in [2.75, 3.05) is 6.54 Å². The third-order valence-electron chi connectivity index (χ3n) is 5.26. The lowest BCUT2D eigenvalue weighted by Crippen LogP contribution is -2.50. The number of nitrogens with one attached hydrogen (secondary N) is 1. The van der Waals surface area contributed by atoms with Crippen molar-refractivity contribution in [2.45, 2.75) is 70.8 Å². The Hall–Kier alpha value is -0.570. The molecule has 0 aliphatic heterocycles. The maximum atomic E-state index is 12.6. The highest BCUT2D eigenvalue weighted by Gasteiger charge is 2.40. The second kappa shape index (κ2) is 6.05. The molecule has 0 spiro atoms. The summed E-state index contributed by atoms with van der Waals surface area (Å²) >= 11 is 0. The van der Waals surface area contributed by atoms with Crippen LogP contribution in [0.2, 0.25) is 0 Å². The molecule has 104 valence electrons. The lowest BCUT2D eigenvalue weighted by atomic mass is 9.81. The lowest BCUT2D eigenvalue weighted by molar-refractivity contribution is -0.132. The first-order chi connectivity index (χ1) is 8.72. The summed E-state index contributed by atoms with van der Waals surface area (Å²) in [5, 5.41) is 3.28. The minimum absolute atomic E-state index is 0.0774. The molecule has 0 radical (unpaired) electrons. The first kappa shape index (κ1) is 13.9. The largest absolute Gasteiger partial charge is 0.351 e. The molecule has 0 saturated heterocycles. The van der Waals surface area contributed by atoms with Crippen LogP contribution < -0.4 is 11.1 Å². The predicted molar refractivity (Wildman–Crippen MR) is 74.1 cm³/mol. The van der Waals surface area contributed by atoms with E-state index < -0.39 is 0 Å². The van der Waals surface area contributed by atoms with Crippen molar-refractivity contribution in [3.8, 4) is 0 Å². The first-order valence-electron chi connectivity index (χ1n) is 7.73. The average molecular weight is 252 g/mol. The Balaban J connectivity index is 1.95. The van der Waals surface area contributed by atoms with Crippen molar-refractivity contribution in [1.82, 2.24) is 5.32 Å². The van der Waals surface area contributed by atoms with Gasteiger partial charge in [-0.3, -0.25) is 4.79 Å². The fourth-order valence-corrected chi connectivity index (χ4v) is 3.84. The van der Waals surface area contributed by atoms with Gasteiger partial charge >= 0.3 is 0 Å². The van der Waals surface area contributed by atoms with Crippen LogP contribution >= 0.6 is 0 Å². The van der Waals surface area contributed by atoms with Crippen LogP contribution in [0.5, 0.6) is 0 Å². The molecule has 1 unspecified atom stereocenters. The van der Waals surface area contributed by atoms with Crippen molar-refractivity contribution in [1.29, 1.82) is 0 Å². The monoisotopic (exact) mass is 252 g/mol. The fourth-order valence-electron chi connectivity index (χ4n) is 3.84. The minimum atomic E-state index is -0.0774. The molecule has 2 rings (SSSR count). The van der Waals surface area contributed by atoms with Gasteiger partial charge in [-0.2, -0.15) is 0 Å². The average Bonchev–Trinajstić information content (AvgIpc) is 3.06. The molecule has 2 aliphatic carbocycles. The Labute approximate surface area is 111 Å². The molecule has 3 N–H and O–H groups in total. The molecule has 0 aromatic rings. The second-order valence-electron chi connectivity index (χ2n) is 6.20. The molecule has 0 bridgehead atoms. The number of nitrogens with two attached hydrogens (primary N) is 1. The van der Waals surface area contributed by atoms with Gasteiger partial charge in [0, 0.05) is 18.0 Å². The van der Waals surface area contributed by atoms with Gasteiger partial charge in [-0.25, -0.2) is 0 Å². The minimum Gasteiger partial charge on any atom is -0.351 e. The van der Waals surface area contributed by atoms with Crippen LogP contribution in [0.1, 0.15) is 64.7 Å². The molecule has 0 heterocycles. The highest BCUT2D eigenvalue weighted by Crippen LogP contribution is 2.41. The summed E-state index contributed by atoms with van der Waals surface area (Å²) in [6.07, 6.45) is 10.6. The molecule has 3 nitrogen and oxygen atoms in total. The van der Waals surface area contributed by atoms with Crippen LogP contribution in [-0.2, 0) is 4.79 Å². The zero-order valence-corrected chi connectivity index (χ0v) is 11.7. The number of hydrogen-bond donors (Lipinski definition) is 2. The van der Waals surface area contributed by atoms with E-state index in [4.69, 9.17) is 5.73 Å². The van der Waals surface area contributed by atoms with Crippen molar-refractivity contribution in [3.05, 3.63) is 0 Å². The van der Waals surface area contributed by atoms with Crippen LogP contribution in [0.4, 0.5) is 0 Å². The van der Waals surface area contributed by atoms with Gasteiger partial charge in [-0.1, -0.05) is 32.6 Å². The molecule has 0 aromatic carbocycles. The van der Waals surface area contributed by atoms with Gasteiger partial charge in [0.25, 0.3) is 0 Å². The predicted octanol–water partition coefficient (Wildman–Crippen LogP) is 2.59. The Morgan fingerprint density at radius 3 is 2.39 bits per heavy atom. The molecular formula is C15H28N2O. The first-order valence-corrected chi connectivity index (χ1v) is 7.73. The number of carbonyl (C=O) groups is 1. The van der Waals surface area contributed by atoms with Gasteiger partial charge in [0.15, 0.2) is 0 Å². The summed E-state index contributed by atoms with van der Waals surface area (Å²) in [7, 11) is 0. The maximum Gasteiger partial charge on any atom is 0.226 e. The lowest BCUT2D eigenvalue weighted by Gasteiger charge is -2.31. The number of rotatable bonds is 5. The molecule has 18 heavy (non-hydrogen) atoms. The topological polar surface area (TPSA) is 55.1 Å². The summed E-state index contributed by atoms with van der Waals surface area (Å²) in [6.45, 7) is 2.74. The Morgan fingerprint density at radius 1 is 1.28 bits per heavy atom.